The molecule has 1 saturated carbocycles. The standard InChI is InChI=1S/C17H17N5OS/c1-2-8-18-14(6-1)16-21-22-17(24-16)20-11-12-7-9-19-15(10-12)23-13-4-3-5-13/h1-2,6-10,13H,3-5,11H2,(H,20,22). The van der Waals surface area contributed by atoms with Gasteiger partial charge < -0.3 is 10.1 Å². The van der Waals surface area contributed by atoms with Gasteiger partial charge in [0.2, 0.25) is 11.0 Å². The number of anilines is 1. The molecule has 3 heterocycles. The average Bonchev–Trinajstić information content (AvgIpc) is 3.07. The van der Waals surface area contributed by atoms with Crippen LogP contribution in [0.15, 0.2) is 42.7 Å². The van der Waals surface area contributed by atoms with Gasteiger partial charge in [0.05, 0.1) is 0 Å². The van der Waals surface area contributed by atoms with Gasteiger partial charge in [-0.15, -0.1) is 10.2 Å². The van der Waals surface area contributed by atoms with Crippen molar-refractivity contribution in [1.82, 2.24) is 20.2 Å². The predicted octanol–water partition coefficient (Wildman–Crippen LogP) is 3.54. The zero-order valence-corrected chi connectivity index (χ0v) is 13.9. The normalized spacial score (nSPS) is 14.2. The quantitative estimate of drug-likeness (QED) is 0.740. The van der Waals surface area contributed by atoms with Crippen LogP contribution in [0.1, 0.15) is 24.8 Å². The van der Waals surface area contributed by atoms with Crippen LogP contribution in [0.25, 0.3) is 10.7 Å². The highest BCUT2D eigenvalue weighted by molar-refractivity contribution is 7.18. The highest BCUT2D eigenvalue weighted by Gasteiger charge is 2.19. The summed E-state index contributed by atoms with van der Waals surface area (Å²) in [6.07, 6.45) is 7.39. The van der Waals surface area contributed by atoms with E-state index in [0.29, 0.717) is 18.5 Å². The van der Waals surface area contributed by atoms with Crippen LogP contribution in [0.4, 0.5) is 5.13 Å². The summed E-state index contributed by atoms with van der Waals surface area (Å²) in [5, 5.41) is 13.2. The number of nitrogens with one attached hydrogen (secondary N) is 1. The van der Waals surface area contributed by atoms with E-state index < -0.39 is 0 Å². The van der Waals surface area contributed by atoms with Gasteiger partial charge >= 0.3 is 0 Å². The van der Waals surface area contributed by atoms with Gasteiger partial charge in [-0.3, -0.25) is 4.98 Å². The van der Waals surface area contributed by atoms with Crippen molar-refractivity contribution in [1.29, 1.82) is 0 Å². The first-order chi connectivity index (χ1) is 11.9. The Morgan fingerprint density at radius 1 is 1.12 bits per heavy atom. The number of ether oxygens (including phenoxy) is 1. The third kappa shape index (κ3) is 3.51. The Hall–Kier alpha value is -2.54. The largest absolute Gasteiger partial charge is 0.474 e. The summed E-state index contributed by atoms with van der Waals surface area (Å²) in [7, 11) is 0. The van der Waals surface area contributed by atoms with Gasteiger partial charge in [0.15, 0.2) is 5.01 Å². The van der Waals surface area contributed by atoms with E-state index in [2.05, 4.69) is 25.5 Å². The Balaban J connectivity index is 1.38. The molecule has 6 nitrogen and oxygen atoms in total. The zero-order valence-electron chi connectivity index (χ0n) is 13.1. The van der Waals surface area contributed by atoms with Crippen LogP contribution in [0, 0.1) is 0 Å². The smallest absolute Gasteiger partial charge is 0.213 e. The maximum atomic E-state index is 5.83. The van der Waals surface area contributed by atoms with Crippen LogP contribution < -0.4 is 10.1 Å². The molecular formula is C17H17N5OS. The molecule has 4 rings (SSSR count). The van der Waals surface area contributed by atoms with E-state index in [9.17, 15) is 0 Å². The fraction of sp³-hybridized carbons (Fsp3) is 0.294. The van der Waals surface area contributed by atoms with Gasteiger partial charge in [0.25, 0.3) is 0 Å². The molecule has 0 saturated heterocycles. The van der Waals surface area contributed by atoms with E-state index in [4.69, 9.17) is 4.74 Å². The minimum atomic E-state index is 0.338. The van der Waals surface area contributed by atoms with Crippen molar-refractivity contribution < 1.29 is 4.74 Å². The van der Waals surface area contributed by atoms with Crippen molar-refractivity contribution in [2.45, 2.75) is 31.9 Å². The highest BCUT2D eigenvalue weighted by Crippen LogP contribution is 2.26. The summed E-state index contributed by atoms with van der Waals surface area (Å²) in [6.45, 7) is 0.653. The minimum Gasteiger partial charge on any atom is -0.474 e. The lowest BCUT2D eigenvalue weighted by atomic mass is 9.96. The molecule has 1 aliphatic carbocycles. The summed E-state index contributed by atoms with van der Waals surface area (Å²) in [6, 6.07) is 9.71. The molecule has 1 N–H and O–H groups in total. The van der Waals surface area contributed by atoms with Gasteiger partial charge in [-0.1, -0.05) is 17.4 Å². The predicted molar refractivity (Wildman–Crippen MR) is 93.0 cm³/mol. The summed E-state index contributed by atoms with van der Waals surface area (Å²) in [5.41, 5.74) is 1.94. The molecule has 0 radical (unpaired) electrons. The molecule has 0 atom stereocenters. The third-order valence-corrected chi connectivity index (χ3v) is 4.80. The average molecular weight is 339 g/mol. The first kappa shape index (κ1) is 15.0. The van der Waals surface area contributed by atoms with Crippen LogP contribution in [0.3, 0.4) is 0 Å². The lowest BCUT2D eigenvalue weighted by Crippen LogP contribution is -2.25. The number of hydrogen-bond acceptors (Lipinski definition) is 7. The van der Waals surface area contributed by atoms with Crippen molar-refractivity contribution in [3.05, 3.63) is 48.3 Å². The van der Waals surface area contributed by atoms with Crippen LogP contribution in [0.5, 0.6) is 5.88 Å². The van der Waals surface area contributed by atoms with Crippen molar-refractivity contribution in [3.8, 4) is 16.6 Å². The Bertz CT molecular complexity index is 804. The van der Waals surface area contributed by atoms with E-state index in [-0.39, 0.29) is 0 Å². The number of nitrogens with zero attached hydrogens (tertiary/aromatic N) is 4. The van der Waals surface area contributed by atoms with E-state index >= 15 is 0 Å². The topological polar surface area (TPSA) is 72.8 Å². The molecule has 0 aliphatic heterocycles. The van der Waals surface area contributed by atoms with Gasteiger partial charge in [0, 0.05) is 25.0 Å². The molecule has 1 aliphatic rings. The molecule has 7 heteroatoms. The SMILES string of the molecule is c1ccc(-c2nnc(NCc3ccnc(OC4CCC4)c3)s2)nc1. The van der Waals surface area contributed by atoms with E-state index in [0.717, 1.165) is 34.2 Å². The second-order valence-electron chi connectivity index (χ2n) is 5.65. The number of rotatable bonds is 6. The van der Waals surface area contributed by atoms with Crippen LogP contribution in [-0.4, -0.2) is 26.3 Å². The highest BCUT2D eigenvalue weighted by atomic mass is 32.1. The van der Waals surface area contributed by atoms with E-state index in [1.807, 2.05) is 30.3 Å². The lowest BCUT2D eigenvalue weighted by molar-refractivity contribution is 0.114. The number of hydrogen-bond donors (Lipinski definition) is 1. The van der Waals surface area contributed by atoms with E-state index in [1.54, 1.807) is 12.4 Å². The van der Waals surface area contributed by atoms with Gasteiger partial charge in [-0.25, -0.2) is 4.98 Å². The molecule has 0 bridgehead atoms. The molecule has 122 valence electrons. The van der Waals surface area contributed by atoms with Crippen LogP contribution >= 0.6 is 11.3 Å². The second-order valence-corrected chi connectivity index (χ2v) is 6.63. The van der Waals surface area contributed by atoms with E-state index in [1.165, 1.54) is 17.8 Å². The summed E-state index contributed by atoms with van der Waals surface area (Å²) in [4.78, 5) is 8.57. The van der Waals surface area contributed by atoms with Crippen LogP contribution in [0.2, 0.25) is 0 Å². The molecule has 0 unspecified atom stereocenters. The monoisotopic (exact) mass is 339 g/mol. The van der Waals surface area contributed by atoms with Gasteiger partial charge in [-0.2, -0.15) is 0 Å². The minimum absolute atomic E-state index is 0.338. The Morgan fingerprint density at radius 3 is 2.88 bits per heavy atom. The van der Waals surface area contributed by atoms with Crippen molar-refractivity contribution in [3.63, 3.8) is 0 Å². The molecule has 24 heavy (non-hydrogen) atoms. The maximum absolute atomic E-state index is 5.83. The molecule has 1 fully saturated rings. The molecular weight excluding hydrogens is 322 g/mol. The maximum Gasteiger partial charge on any atom is 0.213 e. The number of aromatic nitrogens is 4. The molecule has 3 aromatic heterocycles. The summed E-state index contributed by atoms with van der Waals surface area (Å²) < 4.78 is 5.83. The summed E-state index contributed by atoms with van der Waals surface area (Å²) in [5.74, 6) is 0.699. The molecule has 0 aromatic carbocycles. The first-order valence-electron chi connectivity index (χ1n) is 7.97. The van der Waals surface area contributed by atoms with Crippen LogP contribution in [-0.2, 0) is 6.54 Å². The fourth-order valence-corrected chi connectivity index (χ4v) is 3.07. The van der Waals surface area contributed by atoms with Crippen molar-refractivity contribution in [2.75, 3.05) is 5.32 Å². The fourth-order valence-electron chi connectivity index (χ4n) is 2.35. The second kappa shape index (κ2) is 6.92. The van der Waals surface area contributed by atoms with Gasteiger partial charge in [-0.05, 0) is 43.0 Å². The molecule has 0 amide bonds. The van der Waals surface area contributed by atoms with Crippen molar-refractivity contribution >= 4 is 16.5 Å². The molecule has 3 aromatic rings. The Kier molecular flexibility index (Phi) is 4.33. The van der Waals surface area contributed by atoms with Gasteiger partial charge in [0.1, 0.15) is 11.8 Å². The lowest BCUT2D eigenvalue weighted by Gasteiger charge is -2.25. The van der Waals surface area contributed by atoms with Crippen molar-refractivity contribution in [2.24, 2.45) is 0 Å². The Morgan fingerprint density at radius 2 is 2.08 bits per heavy atom. The summed E-state index contributed by atoms with van der Waals surface area (Å²) >= 11 is 1.49. The zero-order chi connectivity index (χ0) is 16.2. The first-order valence-corrected chi connectivity index (χ1v) is 8.79. The molecule has 0 spiro atoms. The third-order valence-electron chi connectivity index (χ3n) is 3.89. The Labute approximate surface area is 144 Å². The number of pyridine rings is 2.